The number of piperazine rings is 2. The molecule has 468 valence electrons. The van der Waals surface area contributed by atoms with Gasteiger partial charge in [-0.15, -0.1) is 0 Å². The fourth-order valence-electron chi connectivity index (χ4n) is 15.9. The van der Waals surface area contributed by atoms with E-state index in [1.54, 1.807) is 14.2 Å². The van der Waals surface area contributed by atoms with E-state index < -0.39 is 36.1 Å². The Hall–Kier alpha value is -8.02. The molecule has 2 amide bonds. The summed E-state index contributed by atoms with van der Waals surface area (Å²) in [6.07, 6.45) is 2.66. The number of aromatic hydroxyl groups is 2. The van der Waals surface area contributed by atoms with Crippen LogP contribution in [0.15, 0.2) is 12.1 Å². The third-order valence-corrected chi connectivity index (χ3v) is 19.2. The van der Waals surface area contributed by atoms with E-state index in [0.29, 0.717) is 95.6 Å². The molecule has 22 heteroatoms. The van der Waals surface area contributed by atoms with E-state index >= 15 is 0 Å². The van der Waals surface area contributed by atoms with E-state index in [2.05, 4.69) is 54.5 Å². The monoisotopic (exact) mass is 1210 g/mol. The van der Waals surface area contributed by atoms with Gasteiger partial charge in [-0.05, 0) is 102 Å². The van der Waals surface area contributed by atoms with Crippen molar-refractivity contribution in [3.05, 3.63) is 78.9 Å². The Morgan fingerprint density at radius 3 is 1.27 bits per heavy atom. The number of phenols is 2. The molecular formula is C66H80N8O14. The molecule has 12 rings (SSSR count). The number of rotatable bonds is 12. The van der Waals surface area contributed by atoms with E-state index in [1.165, 1.54) is 13.8 Å². The van der Waals surface area contributed by atoms with Crippen LogP contribution in [0.4, 0.5) is 0 Å². The first-order valence-electron chi connectivity index (χ1n) is 30.3. The number of nitrogens with one attached hydrogen (secondary N) is 2. The molecule has 2 saturated heterocycles. The van der Waals surface area contributed by atoms with Crippen molar-refractivity contribution in [1.82, 2.24) is 30.2 Å². The number of amides is 2. The van der Waals surface area contributed by atoms with E-state index in [-0.39, 0.29) is 98.1 Å². The van der Waals surface area contributed by atoms with Gasteiger partial charge in [-0.25, -0.2) is 0 Å². The maximum atomic E-state index is 13.0. The predicted octanol–water partition coefficient (Wildman–Crippen LogP) is 7.21. The molecule has 0 spiro atoms. The number of fused-ring (bicyclic) bond motifs is 18. The summed E-state index contributed by atoms with van der Waals surface area (Å²) in [5, 5.41) is 51.0. The Kier molecular flexibility index (Phi) is 16.7. The Bertz CT molecular complexity index is 3400. The molecule has 4 aromatic rings. The normalized spacial score (nSPS) is 25.0. The average molecular weight is 1210 g/mol. The summed E-state index contributed by atoms with van der Waals surface area (Å²) in [4.78, 5) is 59.6. The lowest BCUT2D eigenvalue weighted by Crippen LogP contribution is -2.68. The molecule has 0 aliphatic carbocycles. The minimum absolute atomic E-state index is 0.0120. The maximum absolute atomic E-state index is 13.0. The summed E-state index contributed by atoms with van der Waals surface area (Å²) >= 11 is 0. The number of nitriles is 2. The molecule has 0 saturated carbocycles. The number of hydrogen-bond donors (Lipinski definition) is 4. The number of aryl methyl sites for hydroxylation is 2. The van der Waals surface area contributed by atoms with Gasteiger partial charge in [-0.2, -0.15) is 10.5 Å². The van der Waals surface area contributed by atoms with Gasteiger partial charge in [0.15, 0.2) is 46.0 Å². The SMILES string of the molecule is COc1c(C)cc2c(c1O)[C@@H]1C3Cc4c(OC(C)=O)c(C)c5c(c4[C@H](CNC(=O)CC(C)C)N3[C@@H](C#N)[C@H](C2)N1C)OCO5.COc1c(C)cc2c(c1O)[C@@H]1C3Cc4c(OC(C)=O)c(C)c5c(c4[C@H](CNC(=O)CC(C)C)N3[C@@H](C#N)[C@H](C2)N1C)OCO5. The zero-order chi connectivity index (χ0) is 63.2. The molecule has 8 heterocycles. The van der Waals surface area contributed by atoms with Crippen LogP contribution in [-0.2, 0) is 44.9 Å². The van der Waals surface area contributed by atoms with Crippen LogP contribution in [0.2, 0.25) is 0 Å². The maximum Gasteiger partial charge on any atom is 0.308 e. The number of nitrogens with zero attached hydrogens (tertiary/aromatic N) is 6. The van der Waals surface area contributed by atoms with Crippen molar-refractivity contribution in [1.29, 1.82) is 10.5 Å². The number of esters is 2. The van der Waals surface area contributed by atoms with Gasteiger partial charge >= 0.3 is 11.9 Å². The van der Waals surface area contributed by atoms with Gasteiger partial charge in [0.2, 0.25) is 25.4 Å². The number of likely N-dealkylation sites (N-methyl/N-ethyl adjacent to an activating group) is 2. The van der Waals surface area contributed by atoms with Crippen molar-refractivity contribution in [3.63, 3.8) is 0 Å². The fourth-order valence-corrected chi connectivity index (χ4v) is 15.9. The van der Waals surface area contributed by atoms with Crippen molar-refractivity contribution >= 4 is 23.8 Å². The topological polar surface area (TPSA) is 267 Å². The molecule has 8 aliphatic rings. The second kappa shape index (κ2) is 23.8. The first-order chi connectivity index (χ1) is 42.0. The first kappa shape index (κ1) is 61.6. The molecule has 2 fully saturated rings. The average Bonchev–Trinajstić information content (AvgIpc) is 0.896. The van der Waals surface area contributed by atoms with Crippen LogP contribution in [0.5, 0.6) is 57.5 Å². The molecule has 88 heavy (non-hydrogen) atoms. The van der Waals surface area contributed by atoms with E-state index in [4.69, 9.17) is 37.9 Å². The Balaban J connectivity index is 0.000000182. The quantitative estimate of drug-likeness (QED) is 0.0806. The van der Waals surface area contributed by atoms with Crippen molar-refractivity contribution in [3.8, 4) is 69.6 Å². The van der Waals surface area contributed by atoms with Crippen molar-refractivity contribution < 1.29 is 67.3 Å². The van der Waals surface area contributed by atoms with Crippen LogP contribution in [0.25, 0.3) is 0 Å². The molecule has 4 N–H and O–H groups in total. The Labute approximate surface area is 513 Å². The van der Waals surface area contributed by atoms with E-state index in [9.17, 15) is 39.9 Å². The Morgan fingerprint density at radius 1 is 0.580 bits per heavy atom. The smallest absolute Gasteiger partial charge is 0.308 e. The first-order valence-corrected chi connectivity index (χ1v) is 30.3. The highest BCUT2D eigenvalue weighted by Crippen LogP contribution is 2.61. The van der Waals surface area contributed by atoms with Gasteiger partial charge in [-0.1, -0.05) is 39.8 Å². The highest BCUT2D eigenvalue weighted by molar-refractivity contribution is 5.78. The third kappa shape index (κ3) is 10.1. The fraction of sp³-hybridized carbons (Fsp3) is 0.545. The number of carbonyl (C=O) groups excluding carboxylic acids is 4. The molecule has 4 aromatic carbocycles. The van der Waals surface area contributed by atoms with E-state index in [1.807, 2.05) is 69.5 Å². The molecule has 4 bridgehead atoms. The standard InChI is InChI=1S/2C33H40N4O7/c2*1-15(2)8-25(39)35-13-24-27-20(31(44-18(5)38)17(4)32-33(27)43-14-42-32)11-22-28-26-19(9-16(3)30(41-7)29(26)40)10-21(36(28)6)23(12-34)37(22)24/h2*9,15,21-24,28,40H,8,10-11,13-14H2,1-7H3,(H,35,39)/t2*21-,22?,23-,24-,28-/m00/s1. The number of ether oxygens (including phenoxy) is 8. The van der Waals surface area contributed by atoms with Crippen LogP contribution in [0, 0.1) is 62.2 Å². The zero-order valence-electron chi connectivity index (χ0n) is 52.6. The molecule has 0 aromatic heterocycles. The van der Waals surface area contributed by atoms with Crippen LogP contribution in [-0.4, -0.2) is 145 Å². The van der Waals surface area contributed by atoms with Gasteiger partial charge in [-0.3, -0.25) is 38.8 Å². The largest absolute Gasteiger partial charge is 0.504 e. The number of methoxy groups -OCH3 is 2. The molecule has 22 nitrogen and oxygen atoms in total. The van der Waals surface area contributed by atoms with Gasteiger partial charge in [0.1, 0.15) is 23.6 Å². The van der Waals surface area contributed by atoms with Crippen LogP contribution >= 0.6 is 0 Å². The minimum atomic E-state index is -0.546. The molecule has 8 aliphatic heterocycles. The molecular weight excluding hydrogens is 1130 g/mol. The van der Waals surface area contributed by atoms with Crippen LogP contribution in [0.1, 0.15) is 145 Å². The second-order valence-electron chi connectivity index (χ2n) is 25.5. The summed E-state index contributed by atoms with van der Waals surface area (Å²) in [5.74, 6) is 3.24. The van der Waals surface area contributed by atoms with Gasteiger partial charge in [0, 0.05) is 108 Å². The van der Waals surface area contributed by atoms with E-state index in [0.717, 1.165) is 55.6 Å². The second-order valence-corrected chi connectivity index (χ2v) is 25.5. The number of benzene rings is 4. The molecule has 10 atom stereocenters. The Morgan fingerprint density at radius 2 is 0.943 bits per heavy atom. The zero-order valence-corrected chi connectivity index (χ0v) is 52.6. The van der Waals surface area contributed by atoms with Crippen LogP contribution in [0.3, 0.4) is 0 Å². The van der Waals surface area contributed by atoms with Crippen molar-refractivity contribution in [2.75, 3.05) is 55.0 Å². The molecule has 0 radical (unpaired) electrons. The lowest BCUT2D eigenvalue weighted by molar-refractivity contribution is -0.133. The minimum Gasteiger partial charge on any atom is -0.504 e. The lowest BCUT2D eigenvalue weighted by Gasteiger charge is -2.60. The number of carbonyl (C=O) groups is 4. The summed E-state index contributed by atoms with van der Waals surface area (Å²) in [6, 6.07) is 5.58. The summed E-state index contributed by atoms with van der Waals surface area (Å²) in [6.45, 7) is 18.6. The molecule has 2 unspecified atom stereocenters. The van der Waals surface area contributed by atoms with Crippen molar-refractivity contribution in [2.45, 2.75) is 168 Å². The number of phenolic OH excluding ortho intramolecular Hbond substituents is 2. The van der Waals surface area contributed by atoms with Gasteiger partial charge in [0.25, 0.3) is 0 Å². The van der Waals surface area contributed by atoms with Crippen molar-refractivity contribution in [2.24, 2.45) is 11.8 Å². The number of hydrogen-bond acceptors (Lipinski definition) is 20. The third-order valence-electron chi connectivity index (χ3n) is 19.2. The summed E-state index contributed by atoms with van der Waals surface area (Å²) < 4.78 is 46.9. The predicted molar refractivity (Wildman–Crippen MR) is 320 cm³/mol. The van der Waals surface area contributed by atoms with Crippen LogP contribution < -0.4 is 48.5 Å². The van der Waals surface area contributed by atoms with Gasteiger partial charge < -0.3 is 58.7 Å². The van der Waals surface area contributed by atoms with Gasteiger partial charge in [0.05, 0.1) is 50.5 Å². The summed E-state index contributed by atoms with van der Waals surface area (Å²) in [5.41, 5.74) is 9.58. The highest BCUT2D eigenvalue weighted by Gasteiger charge is 2.59. The highest BCUT2D eigenvalue weighted by atomic mass is 16.7. The summed E-state index contributed by atoms with van der Waals surface area (Å²) in [7, 11) is 7.09. The lowest BCUT2D eigenvalue weighted by atomic mass is 9.71.